The zero-order chi connectivity index (χ0) is 13.4. The van der Waals surface area contributed by atoms with Gasteiger partial charge >= 0.3 is 0 Å². The van der Waals surface area contributed by atoms with Crippen molar-refractivity contribution in [2.75, 3.05) is 12.4 Å². The second-order valence-electron chi connectivity index (χ2n) is 4.71. The van der Waals surface area contributed by atoms with Crippen molar-refractivity contribution in [3.63, 3.8) is 0 Å². The van der Waals surface area contributed by atoms with E-state index in [2.05, 4.69) is 21.6 Å². The lowest BCUT2D eigenvalue weighted by Gasteiger charge is -2.13. The maximum absolute atomic E-state index is 8.89. The van der Waals surface area contributed by atoms with Crippen molar-refractivity contribution in [1.29, 1.82) is 5.26 Å². The normalized spacial score (nSPS) is 11.4. The van der Waals surface area contributed by atoms with Crippen LogP contribution in [0.15, 0.2) is 5.16 Å². The highest BCUT2D eigenvalue weighted by Gasteiger charge is 2.15. The van der Waals surface area contributed by atoms with E-state index >= 15 is 0 Å². The lowest BCUT2D eigenvalue weighted by Crippen LogP contribution is -2.07. The number of nitrogens with zero attached hydrogens (tertiary/aromatic N) is 5. The molecule has 18 heavy (non-hydrogen) atoms. The Balaban J connectivity index is 2.22. The molecule has 0 spiro atoms. The minimum atomic E-state index is -0.233. The molecule has 0 unspecified atom stereocenters. The number of tetrazole rings is 1. The van der Waals surface area contributed by atoms with Crippen LogP contribution in [0.2, 0.25) is 0 Å². The van der Waals surface area contributed by atoms with Gasteiger partial charge in [0.1, 0.15) is 0 Å². The molecule has 1 N–H and O–H groups in total. The molecule has 0 aliphatic rings. The molecule has 0 amide bonds. The number of rotatable bonds is 8. The summed E-state index contributed by atoms with van der Waals surface area (Å²) in [6.07, 6.45) is 2.96. The first-order valence-corrected chi connectivity index (χ1v) is 6.99. The van der Waals surface area contributed by atoms with Crippen molar-refractivity contribution in [2.24, 2.45) is 5.41 Å². The van der Waals surface area contributed by atoms with E-state index in [9.17, 15) is 0 Å². The van der Waals surface area contributed by atoms with Crippen molar-refractivity contribution < 1.29 is 5.11 Å². The van der Waals surface area contributed by atoms with Crippen LogP contribution in [0.25, 0.3) is 0 Å². The predicted octanol–water partition coefficient (Wildman–Crippen LogP) is 1.48. The Labute approximate surface area is 111 Å². The number of hydrogen-bond acceptors (Lipinski definition) is 6. The van der Waals surface area contributed by atoms with Gasteiger partial charge in [-0.25, -0.2) is 4.68 Å². The molecule has 0 aliphatic carbocycles. The number of aliphatic hydroxyl groups excluding tert-OH is 1. The number of aliphatic hydroxyl groups is 1. The fourth-order valence-corrected chi connectivity index (χ4v) is 2.33. The summed E-state index contributed by atoms with van der Waals surface area (Å²) in [5.74, 6) is 0.924. The number of thioether (sulfide) groups is 1. The summed E-state index contributed by atoms with van der Waals surface area (Å²) in [4.78, 5) is 0. The molecule has 6 nitrogen and oxygen atoms in total. The zero-order valence-electron chi connectivity index (χ0n) is 10.8. The molecule has 7 heteroatoms. The Kier molecular flexibility index (Phi) is 6.09. The van der Waals surface area contributed by atoms with Crippen molar-refractivity contribution in [3.8, 4) is 6.07 Å². The van der Waals surface area contributed by atoms with Gasteiger partial charge in [-0.2, -0.15) is 5.26 Å². The van der Waals surface area contributed by atoms with Gasteiger partial charge in [0.15, 0.2) is 0 Å². The van der Waals surface area contributed by atoms with Crippen LogP contribution in [-0.2, 0) is 6.54 Å². The number of aromatic nitrogens is 4. The third-order valence-corrected chi connectivity index (χ3v) is 3.58. The van der Waals surface area contributed by atoms with Crippen molar-refractivity contribution in [1.82, 2.24) is 20.2 Å². The largest absolute Gasteiger partial charge is 0.394 e. The molecule has 0 atom stereocenters. The Morgan fingerprint density at radius 1 is 1.44 bits per heavy atom. The van der Waals surface area contributed by atoms with Gasteiger partial charge < -0.3 is 5.11 Å². The third kappa shape index (κ3) is 5.02. The average Bonchev–Trinajstić information content (AvgIpc) is 2.77. The zero-order valence-corrected chi connectivity index (χ0v) is 11.7. The van der Waals surface area contributed by atoms with Gasteiger partial charge in [-0.05, 0) is 37.1 Å². The second kappa shape index (κ2) is 7.34. The van der Waals surface area contributed by atoms with Crippen molar-refractivity contribution >= 4 is 11.8 Å². The van der Waals surface area contributed by atoms with E-state index in [-0.39, 0.29) is 12.0 Å². The van der Waals surface area contributed by atoms with Gasteiger partial charge in [-0.15, -0.1) is 5.10 Å². The second-order valence-corrected chi connectivity index (χ2v) is 5.77. The molecule has 0 fully saturated rings. The number of hydrogen-bond donors (Lipinski definition) is 1. The van der Waals surface area contributed by atoms with Crippen LogP contribution >= 0.6 is 11.8 Å². The van der Waals surface area contributed by atoms with E-state index in [0.717, 1.165) is 30.2 Å². The Morgan fingerprint density at radius 3 is 2.89 bits per heavy atom. The quantitative estimate of drug-likeness (QED) is 0.568. The van der Waals surface area contributed by atoms with E-state index in [1.54, 1.807) is 16.4 Å². The van der Waals surface area contributed by atoms with Crippen LogP contribution < -0.4 is 0 Å². The maximum atomic E-state index is 8.89. The predicted molar refractivity (Wildman–Crippen MR) is 68.9 cm³/mol. The molecule has 100 valence electrons. The first kappa shape index (κ1) is 14.9. The van der Waals surface area contributed by atoms with Crippen LogP contribution in [0, 0.1) is 16.7 Å². The van der Waals surface area contributed by atoms with E-state index in [1.165, 1.54) is 0 Å². The Morgan fingerprint density at radius 2 is 2.22 bits per heavy atom. The first-order valence-electron chi connectivity index (χ1n) is 6.00. The van der Waals surface area contributed by atoms with Gasteiger partial charge in [0, 0.05) is 5.75 Å². The van der Waals surface area contributed by atoms with Gasteiger partial charge in [0.05, 0.1) is 24.6 Å². The van der Waals surface area contributed by atoms with Crippen molar-refractivity contribution in [2.45, 2.75) is 44.8 Å². The van der Waals surface area contributed by atoms with Gasteiger partial charge in [0.2, 0.25) is 5.16 Å². The van der Waals surface area contributed by atoms with E-state index < -0.39 is 0 Å². The summed E-state index contributed by atoms with van der Waals surface area (Å²) in [6, 6.07) is 2.30. The monoisotopic (exact) mass is 269 g/mol. The smallest absolute Gasteiger partial charge is 0.209 e. The topological polar surface area (TPSA) is 87.6 Å². The molecule has 1 heterocycles. The molecule has 0 radical (unpaired) electrons. The summed E-state index contributed by atoms with van der Waals surface area (Å²) in [7, 11) is 0. The fourth-order valence-electron chi connectivity index (χ4n) is 1.42. The molecule has 0 aromatic carbocycles. The highest BCUT2D eigenvalue weighted by Crippen LogP contribution is 2.23. The van der Waals surface area contributed by atoms with Gasteiger partial charge in [0.25, 0.3) is 0 Å². The molecular formula is C11H19N5OS. The van der Waals surface area contributed by atoms with Crippen LogP contribution in [0.4, 0.5) is 0 Å². The fraction of sp³-hybridized carbons (Fsp3) is 0.818. The summed E-state index contributed by atoms with van der Waals surface area (Å²) >= 11 is 1.58. The lowest BCUT2D eigenvalue weighted by atomic mass is 9.89. The molecule has 0 saturated carbocycles. The summed E-state index contributed by atoms with van der Waals surface area (Å²) in [5, 5.41) is 29.7. The lowest BCUT2D eigenvalue weighted by molar-refractivity contribution is 0.262. The Bertz CT molecular complexity index is 398. The van der Waals surface area contributed by atoms with Crippen molar-refractivity contribution in [3.05, 3.63) is 0 Å². The molecule has 0 aliphatic heterocycles. The van der Waals surface area contributed by atoms with Gasteiger partial charge in [-0.3, -0.25) is 0 Å². The Hall–Kier alpha value is -1.13. The summed E-state index contributed by atoms with van der Waals surface area (Å²) in [5.41, 5.74) is -0.233. The van der Waals surface area contributed by atoms with Crippen LogP contribution in [0.5, 0.6) is 0 Å². The SMILES string of the molecule is CC(C)(C#N)CCCCSc1nnnn1CCO. The molecular weight excluding hydrogens is 250 g/mol. The van der Waals surface area contributed by atoms with E-state index in [1.807, 2.05) is 13.8 Å². The molecule has 1 aromatic rings. The minimum Gasteiger partial charge on any atom is -0.394 e. The number of nitriles is 1. The maximum Gasteiger partial charge on any atom is 0.209 e. The summed E-state index contributed by atoms with van der Waals surface area (Å²) in [6.45, 7) is 4.38. The first-order chi connectivity index (χ1) is 8.59. The molecule has 1 aromatic heterocycles. The highest BCUT2D eigenvalue weighted by atomic mass is 32.2. The highest BCUT2D eigenvalue weighted by molar-refractivity contribution is 7.99. The van der Waals surface area contributed by atoms with Crippen LogP contribution in [-0.4, -0.2) is 37.7 Å². The average molecular weight is 269 g/mol. The summed E-state index contributed by atoms with van der Waals surface area (Å²) < 4.78 is 1.60. The molecule has 0 bridgehead atoms. The molecule has 0 saturated heterocycles. The van der Waals surface area contributed by atoms with Crippen LogP contribution in [0.1, 0.15) is 33.1 Å². The third-order valence-electron chi connectivity index (χ3n) is 2.54. The van der Waals surface area contributed by atoms with E-state index in [0.29, 0.717) is 6.54 Å². The standard InChI is InChI=1S/C11H19N5OS/c1-11(2,9-12)5-3-4-8-18-10-13-14-15-16(10)6-7-17/h17H,3-8H2,1-2H3. The number of unbranched alkanes of at least 4 members (excludes halogenated alkanes) is 1. The molecule has 1 rings (SSSR count). The van der Waals surface area contributed by atoms with Gasteiger partial charge in [-0.1, -0.05) is 18.2 Å². The minimum absolute atomic E-state index is 0.0367. The van der Waals surface area contributed by atoms with E-state index in [4.69, 9.17) is 10.4 Å². The van der Waals surface area contributed by atoms with Crippen LogP contribution in [0.3, 0.4) is 0 Å².